The van der Waals surface area contributed by atoms with E-state index in [2.05, 4.69) is 54.1 Å². The molecule has 34 heavy (non-hydrogen) atoms. The van der Waals surface area contributed by atoms with Crippen molar-refractivity contribution in [3.8, 4) is 22.6 Å². The van der Waals surface area contributed by atoms with E-state index in [1.54, 1.807) is 0 Å². The number of anilines is 2. The predicted molar refractivity (Wildman–Crippen MR) is 136 cm³/mol. The number of aromatic nitrogens is 6. The van der Waals surface area contributed by atoms with Crippen LogP contribution in [0.25, 0.3) is 44.6 Å². The van der Waals surface area contributed by atoms with Crippen molar-refractivity contribution in [1.29, 1.82) is 0 Å². The number of piperazine rings is 1. The van der Waals surface area contributed by atoms with E-state index in [9.17, 15) is 0 Å². The van der Waals surface area contributed by atoms with Crippen LogP contribution in [0.5, 0.6) is 0 Å². The van der Waals surface area contributed by atoms with Crippen molar-refractivity contribution in [2.24, 2.45) is 0 Å². The molecule has 6 heterocycles. The number of fused-ring (bicyclic) bond motifs is 2. The summed E-state index contributed by atoms with van der Waals surface area (Å²) in [7, 11) is 6.18. The number of nitrogens with zero attached hydrogens (tertiary/aromatic N) is 7. The van der Waals surface area contributed by atoms with Gasteiger partial charge >= 0.3 is 0 Å². The molecule has 0 aromatic carbocycles. The molecule has 0 amide bonds. The second-order valence-electron chi connectivity index (χ2n) is 9.08. The van der Waals surface area contributed by atoms with Gasteiger partial charge in [-0.1, -0.05) is 0 Å². The summed E-state index contributed by atoms with van der Waals surface area (Å²) in [5.41, 5.74) is 8.48. The maximum absolute atomic E-state index is 4.97. The SMILES string of the molecule is CN1CCN(c2cncc3[nH]c(-c4n[nH]c5ccc(-c6cncc(N(C)C)c6)nc45)cc23)CC1. The normalized spacial score (nSPS) is 14.9. The van der Waals surface area contributed by atoms with Crippen molar-refractivity contribution in [1.82, 2.24) is 35.0 Å². The van der Waals surface area contributed by atoms with Gasteiger partial charge in [-0.15, -0.1) is 0 Å². The summed E-state index contributed by atoms with van der Waals surface area (Å²) in [6, 6.07) is 8.29. The highest BCUT2D eigenvalue weighted by molar-refractivity contribution is 5.98. The minimum absolute atomic E-state index is 0.800. The average Bonchev–Trinajstić information content (AvgIpc) is 3.48. The molecule has 1 saturated heterocycles. The number of likely N-dealkylation sites (N-methyl/N-ethyl adjacent to an activating group) is 1. The highest BCUT2D eigenvalue weighted by atomic mass is 15.3. The standard InChI is InChI=1S/C25H27N9/c1-32(2)17-10-16(12-26-13-17)19-4-5-20-24(29-19)25(31-30-20)21-11-18-22(28-21)14-27-15-23(18)34-8-6-33(3)7-9-34/h4-5,10-15,28H,6-9H2,1-3H3,(H,30,31). The van der Waals surface area contributed by atoms with Crippen LogP contribution in [0, 0.1) is 0 Å². The van der Waals surface area contributed by atoms with E-state index in [0.717, 1.165) is 82.1 Å². The summed E-state index contributed by atoms with van der Waals surface area (Å²) in [6.07, 6.45) is 7.54. The van der Waals surface area contributed by atoms with Crippen LogP contribution in [0.2, 0.25) is 0 Å². The quantitative estimate of drug-likeness (QED) is 0.431. The molecule has 5 aromatic heterocycles. The lowest BCUT2D eigenvalue weighted by Crippen LogP contribution is -2.44. The molecule has 6 rings (SSSR count). The molecule has 0 atom stereocenters. The lowest BCUT2D eigenvalue weighted by atomic mass is 10.1. The van der Waals surface area contributed by atoms with Crippen LogP contribution in [0.15, 0.2) is 49.1 Å². The van der Waals surface area contributed by atoms with Crippen LogP contribution in [-0.4, -0.2) is 82.4 Å². The molecule has 172 valence electrons. The van der Waals surface area contributed by atoms with Crippen molar-refractivity contribution < 1.29 is 0 Å². The van der Waals surface area contributed by atoms with Gasteiger partial charge in [-0.25, -0.2) is 4.98 Å². The van der Waals surface area contributed by atoms with Crippen LogP contribution < -0.4 is 9.80 Å². The van der Waals surface area contributed by atoms with E-state index >= 15 is 0 Å². The van der Waals surface area contributed by atoms with E-state index < -0.39 is 0 Å². The Hall–Kier alpha value is -3.98. The van der Waals surface area contributed by atoms with Crippen molar-refractivity contribution in [3.05, 3.63) is 49.1 Å². The van der Waals surface area contributed by atoms with Gasteiger partial charge in [0.1, 0.15) is 11.2 Å². The van der Waals surface area contributed by atoms with Gasteiger partial charge in [-0.2, -0.15) is 5.10 Å². The topological polar surface area (TPSA) is 92.9 Å². The fraction of sp³-hybridized carbons (Fsp3) is 0.280. The molecule has 1 aliphatic heterocycles. The molecule has 0 saturated carbocycles. The Kier molecular flexibility index (Phi) is 4.91. The van der Waals surface area contributed by atoms with Gasteiger partial charge in [-0.3, -0.25) is 15.1 Å². The molecule has 9 nitrogen and oxygen atoms in total. The first kappa shape index (κ1) is 20.6. The van der Waals surface area contributed by atoms with Crippen molar-refractivity contribution >= 4 is 33.3 Å². The summed E-state index contributed by atoms with van der Waals surface area (Å²) in [4.78, 5) is 24.2. The molecule has 0 aliphatic carbocycles. The van der Waals surface area contributed by atoms with E-state index in [4.69, 9.17) is 4.98 Å². The van der Waals surface area contributed by atoms with E-state index in [0.29, 0.717) is 0 Å². The molecule has 1 fully saturated rings. The third-order valence-corrected chi connectivity index (χ3v) is 6.57. The molecule has 5 aromatic rings. The van der Waals surface area contributed by atoms with Gasteiger partial charge in [0.2, 0.25) is 0 Å². The number of H-pyrrole nitrogens is 2. The Morgan fingerprint density at radius 1 is 0.912 bits per heavy atom. The van der Waals surface area contributed by atoms with Crippen LogP contribution in [-0.2, 0) is 0 Å². The summed E-state index contributed by atoms with van der Waals surface area (Å²) in [5.74, 6) is 0. The highest BCUT2D eigenvalue weighted by Crippen LogP contribution is 2.33. The zero-order valence-corrected chi connectivity index (χ0v) is 19.6. The maximum Gasteiger partial charge on any atom is 0.135 e. The molecule has 0 radical (unpaired) electrons. The fourth-order valence-electron chi connectivity index (χ4n) is 4.52. The van der Waals surface area contributed by atoms with Gasteiger partial charge in [0, 0.05) is 57.4 Å². The fourth-order valence-corrected chi connectivity index (χ4v) is 4.52. The van der Waals surface area contributed by atoms with E-state index in [-0.39, 0.29) is 0 Å². The van der Waals surface area contributed by atoms with Crippen LogP contribution in [0.1, 0.15) is 0 Å². The minimum Gasteiger partial charge on any atom is -0.376 e. The second kappa shape index (κ2) is 8.11. The van der Waals surface area contributed by atoms with Crippen LogP contribution in [0.4, 0.5) is 11.4 Å². The molecule has 1 aliphatic rings. The molecular weight excluding hydrogens is 426 g/mol. The number of nitrogens with one attached hydrogen (secondary N) is 2. The lowest BCUT2D eigenvalue weighted by molar-refractivity contribution is 0.313. The maximum atomic E-state index is 4.97. The Morgan fingerprint density at radius 3 is 2.56 bits per heavy atom. The Bertz CT molecular complexity index is 1470. The Labute approximate surface area is 197 Å². The second-order valence-corrected chi connectivity index (χ2v) is 9.08. The van der Waals surface area contributed by atoms with Crippen molar-refractivity contribution in [2.45, 2.75) is 0 Å². The Morgan fingerprint density at radius 2 is 1.74 bits per heavy atom. The zero-order valence-electron chi connectivity index (χ0n) is 19.6. The highest BCUT2D eigenvalue weighted by Gasteiger charge is 2.20. The van der Waals surface area contributed by atoms with Crippen molar-refractivity contribution in [2.75, 3.05) is 57.1 Å². The van der Waals surface area contributed by atoms with E-state index in [1.807, 2.05) is 55.9 Å². The largest absolute Gasteiger partial charge is 0.376 e. The predicted octanol–water partition coefficient (Wildman–Crippen LogP) is 3.38. The first-order valence-corrected chi connectivity index (χ1v) is 11.5. The van der Waals surface area contributed by atoms with Crippen molar-refractivity contribution in [3.63, 3.8) is 0 Å². The van der Waals surface area contributed by atoms with E-state index in [1.165, 1.54) is 0 Å². The van der Waals surface area contributed by atoms with Gasteiger partial charge in [-0.05, 0) is 31.3 Å². The molecule has 0 unspecified atom stereocenters. The number of hydrogen-bond acceptors (Lipinski definition) is 7. The lowest BCUT2D eigenvalue weighted by Gasteiger charge is -2.34. The Balaban J connectivity index is 1.42. The smallest absolute Gasteiger partial charge is 0.135 e. The summed E-state index contributed by atoms with van der Waals surface area (Å²) < 4.78 is 0. The molecule has 2 N–H and O–H groups in total. The number of rotatable bonds is 4. The number of pyridine rings is 3. The summed E-state index contributed by atoms with van der Waals surface area (Å²) in [6.45, 7) is 4.09. The first-order valence-electron chi connectivity index (χ1n) is 11.5. The molecule has 9 heteroatoms. The van der Waals surface area contributed by atoms with Gasteiger partial charge < -0.3 is 19.7 Å². The third-order valence-electron chi connectivity index (χ3n) is 6.57. The first-order chi connectivity index (χ1) is 16.6. The van der Waals surface area contributed by atoms with Crippen LogP contribution >= 0.6 is 0 Å². The third kappa shape index (κ3) is 3.54. The summed E-state index contributed by atoms with van der Waals surface area (Å²) in [5, 5.41) is 8.90. The number of aromatic amines is 2. The van der Waals surface area contributed by atoms with Gasteiger partial charge in [0.25, 0.3) is 0 Å². The molecule has 0 bridgehead atoms. The minimum atomic E-state index is 0.800. The number of hydrogen-bond donors (Lipinski definition) is 2. The van der Waals surface area contributed by atoms with Gasteiger partial charge in [0.05, 0.1) is 52.4 Å². The zero-order chi connectivity index (χ0) is 23.2. The average molecular weight is 454 g/mol. The molecular formula is C25H27N9. The van der Waals surface area contributed by atoms with Gasteiger partial charge in [0.15, 0.2) is 0 Å². The van der Waals surface area contributed by atoms with Crippen LogP contribution in [0.3, 0.4) is 0 Å². The monoisotopic (exact) mass is 453 g/mol. The summed E-state index contributed by atoms with van der Waals surface area (Å²) >= 11 is 0. The molecule has 0 spiro atoms.